The molecule has 0 atom stereocenters. The van der Waals surface area contributed by atoms with Crippen molar-refractivity contribution >= 4 is 22.6 Å². The monoisotopic (exact) mass is 348 g/mol. The number of benzene rings is 1. The molecule has 6 heteroatoms. The van der Waals surface area contributed by atoms with Crippen LogP contribution in [0.15, 0.2) is 53.5 Å². The molecule has 0 saturated carbocycles. The molecule has 2 N–H and O–H groups in total. The van der Waals surface area contributed by atoms with E-state index in [9.17, 15) is 9.59 Å². The molecule has 26 heavy (non-hydrogen) atoms. The van der Waals surface area contributed by atoms with Crippen molar-refractivity contribution in [1.82, 2.24) is 15.3 Å². The van der Waals surface area contributed by atoms with Crippen molar-refractivity contribution < 1.29 is 4.79 Å². The van der Waals surface area contributed by atoms with E-state index in [1.165, 1.54) is 18.9 Å². The molecule has 1 amide bonds. The number of hydrogen-bond acceptors (Lipinski definition) is 4. The van der Waals surface area contributed by atoms with E-state index in [1.54, 1.807) is 12.3 Å². The Labute approximate surface area is 150 Å². The maximum atomic E-state index is 12.6. The van der Waals surface area contributed by atoms with Crippen molar-refractivity contribution in [3.05, 3.63) is 70.1 Å². The predicted molar refractivity (Wildman–Crippen MR) is 101 cm³/mol. The molecule has 1 aliphatic rings. The highest BCUT2D eigenvalue weighted by atomic mass is 16.2. The summed E-state index contributed by atoms with van der Waals surface area (Å²) in [6, 6.07) is 12.6. The maximum Gasteiger partial charge on any atom is 0.252 e. The molecule has 6 nitrogen and oxygen atoms in total. The maximum absolute atomic E-state index is 12.6. The second-order valence-electron chi connectivity index (χ2n) is 6.49. The van der Waals surface area contributed by atoms with Gasteiger partial charge in [-0.3, -0.25) is 9.59 Å². The Kier molecular flexibility index (Phi) is 4.39. The normalized spacial score (nSPS) is 13.9. The molecule has 1 aliphatic heterocycles. The number of rotatable bonds is 4. The smallest absolute Gasteiger partial charge is 0.252 e. The van der Waals surface area contributed by atoms with Crippen LogP contribution in [0, 0.1) is 0 Å². The van der Waals surface area contributed by atoms with Crippen molar-refractivity contribution in [3.8, 4) is 0 Å². The van der Waals surface area contributed by atoms with Gasteiger partial charge in [-0.25, -0.2) is 4.98 Å². The first-order valence-corrected chi connectivity index (χ1v) is 8.81. The van der Waals surface area contributed by atoms with E-state index < -0.39 is 0 Å². The van der Waals surface area contributed by atoms with Gasteiger partial charge in [0.05, 0.1) is 5.56 Å². The zero-order valence-corrected chi connectivity index (χ0v) is 14.4. The minimum absolute atomic E-state index is 0.258. The van der Waals surface area contributed by atoms with E-state index in [0.29, 0.717) is 17.6 Å². The van der Waals surface area contributed by atoms with Crippen molar-refractivity contribution in [2.75, 3.05) is 18.0 Å². The van der Waals surface area contributed by atoms with Crippen molar-refractivity contribution in [1.29, 1.82) is 0 Å². The lowest BCUT2D eigenvalue weighted by Gasteiger charge is -2.17. The summed E-state index contributed by atoms with van der Waals surface area (Å²) in [6.07, 6.45) is 4.16. The van der Waals surface area contributed by atoms with Gasteiger partial charge in [0.15, 0.2) is 0 Å². The Morgan fingerprint density at radius 2 is 1.96 bits per heavy atom. The summed E-state index contributed by atoms with van der Waals surface area (Å²) in [6.45, 7) is 2.45. The fourth-order valence-electron chi connectivity index (χ4n) is 3.36. The number of para-hydroxylation sites is 1. The highest BCUT2D eigenvalue weighted by Crippen LogP contribution is 2.19. The van der Waals surface area contributed by atoms with Gasteiger partial charge < -0.3 is 15.2 Å². The average Bonchev–Trinajstić information content (AvgIpc) is 3.20. The van der Waals surface area contributed by atoms with Crippen LogP contribution < -0.4 is 15.8 Å². The molecule has 0 radical (unpaired) electrons. The molecule has 4 rings (SSSR count). The topological polar surface area (TPSA) is 78.1 Å². The number of aromatic nitrogens is 2. The molecule has 1 aromatic carbocycles. The largest absolute Gasteiger partial charge is 0.357 e. The second kappa shape index (κ2) is 7.00. The number of nitrogens with zero attached hydrogens (tertiary/aromatic N) is 2. The number of H-pyrrole nitrogens is 1. The number of hydrogen-bond donors (Lipinski definition) is 2. The van der Waals surface area contributed by atoms with Crippen molar-refractivity contribution in [2.45, 2.75) is 19.4 Å². The highest BCUT2D eigenvalue weighted by molar-refractivity contribution is 6.05. The van der Waals surface area contributed by atoms with Crippen LogP contribution in [0.2, 0.25) is 0 Å². The number of pyridine rings is 2. The van der Waals surface area contributed by atoms with E-state index in [0.717, 1.165) is 29.9 Å². The molecular weight excluding hydrogens is 328 g/mol. The van der Waals surface area contributed by atoms with Crippen molar-refractivity contribution in [2.24, 2.45) is 0 Å². The number of fused-ring (bicyclic) bond motifs is 1. The van der Waals surface area contributed by atoms with Crippen LogP contribution in [0.1, 0.15) is 28.8 Å². The van der Waals surface area contributed by atoms with Gasteiger partial charge in [0.1, 0.15) is 5.82 Å². The molecule has 0 bridgehead atoms. The molecule has 3 aromatic rings. The lowest BCUT2D eigenvalue weighted by molar-refractivity contribution is 0.0952. The Balaban J connectivity index is 1.53. The zero-order chi connectivity index (χ0) is 17.9. The van der Waals surface area contributed by atoms with Crippen LogP contribution in [0.5, 0.6) is 0 Å². The Bertz CT molecular complexity index is 1010. The molecule has 1 saturated heterocycles. The number of amides is 1. The van der Waals surface area contributed by atoms with Gasteiger partial charge in [0, 0.05) is 42.8 Å². The first kappa shape index (κ1) is 16.3. The van der Waals surface area contributed by atoms with Gasteiger partial charge in [0.2, 0.25) is 5.56 Å². The minimum atomic E-state index is -0.283. The van der Waals surface area contributed by atoms with Crippen LogP contribution in [-0.4, -0.2) is 29.0 Å². The fraction of sp³-hybridized carbons (Fsp3) is 0.250. The van der Waals surface area contributed by atoms with E-state index in [1.807, 2.05) is 30.3 Å². The molecule has 0 aliphatic carbocycles. The van der Waals surface area contributed by atoms with E-state index >= 15 is 0 Å². The molecule has 2 aromatic heterocycles. The quantitative estimate of drug-likeness (QED) is 0.759. The fourth-order valence-corrected chi connectivity index (χ4v) is 3.36. The summed E-state index contributed by atoms with van der Waals surface area (Å²) < 4.78 is 0. The first-order chi connectivity index (χ1) is 12.7. The lowest BCUT2D eigenvalue weighted by Crippen LogP contribution is -2.25. The third-order valence-corrected chi connectivity index (χ3v) is 4.69. The van der Waals surface area contributed by atoms with Gasteiger partial charge in [0.25, 0.3) is 5.91 Å². The van der Waals surface area contributed by atoms with Crippen molar-refractivity contribution in [3.63, 3.8) is 0 Å². The molecule has 0 unspecified atom stereocenters. The van der Waals surface area contributed by atoms with Crippen LogP contribution in [0.25, 0.3) is 10.9 Å². The second-order valence-corrected chi connectivity index (χ2v) is 6.49. The van der Waals surface area contributed by atoms with E-state index in [-0.39, 0.29) is 11.5 Å². The number of aromatic amines is 1. The van der Waals surface area contributed by atoms with Gasteiger partial charge in [-0.05, 0) is 36.6 Å². The molecule has 1 fully saturated rings. The number of carbonyl (C=O) groups is 1. The standard InChI is InChI=1S/C20H20N4O2/c25-19-12-16(15-5-1-2-6-17(15)23-19)20(26)22-13-14-7-8-21-18(11-14)24-9-3-4-10-24/h1-2,5-8,11-12H,3-4,9-10,13H2,(H,22,26)(H,23,25). The molecule has 132 valence electrons. The predicted octanol–water partition coefficient (Wildman–Crippen LogP) is 2.45. The summed E-state index contributed by atoms with van der Waals surface area (Å²) in [5, 5.41) is 3.65. The average molecular weight is 348 g/mol. The Morgan fingerprint density at radius 3 is 2.81 bits per heavy atom. The zero-order valence-electron chi connectivity index (χ0n) is 14.4. The summed E-state index contributed by atoms with van der Waals surface area (Å²) in [4.78, 5) is 33.9. The minimum Gasteiger partial charge on any atom is -0.357 e. The van der Waals surface area contributed by atoms with Gasteiger partial charge in [-0.15, -0.1) is 0 Å². The molecule has 3 heterocycles. The van der Waals surface area contributed by atoms with E-state index in [2.05, 4.69) is 20.2 Å². The number of carbonyl (C=O) groups excluding carboxylic acids is 1. The molecular formula is C20H20N4O2. The Hall–Kier alpha value is -3.15. The number of nitrogens with one attached hydrogen (secondary N) is 2. The van der Waals surface area contributed by atoms with Gasteiger partial charge in [-0.2, -0.15) is 0 Å². The summed E-state index contributed by atoms with van der Waals surface area (Å²) >= 11 is 0. The lowest BCUT2D eigenvalue weighted by atomic mass is 10.1. The number of anilines is 1. The van der Waals surface area contributed by atoms with Crippen LogP contribution in [-0.2, 0) is 6.54 Å². The summed E-state index contributed by atoms with van der Waals surface area (Å²) in [5.74, 6) is 0.697. The Morgan fingerprint density at radius 1 is 1.15 bits per heavy atom. The van der Waals surface area contributed by atoms with E-state index in [4.69, 9.17) is 0 Å². The third-order valence-electron chi connectivity index (χ3n) is 4.69. The van der Waals surface area contributed by atoms with Gasteiger partial charge in [-0.1, -0.05) is 18.2 Å². The van der Waals surface area contributed by atoms with Crippen LogP contribution in [0.4, 0.5) is 5.82 Å². The van der Waals surface area contributed by atoms with Gasteiger partial charge >= 0.3 is 0 Å². The summed E-state index contributed by atoms with van der Waals surface area (Å²) in [5.41, 5.74) is 1.75. The van der Waals surface area contributed by atoms with Crippen LogP contribution in [0.3, 0.4) is 0 Å². The van der Waals surface area contributed by atoms with Crippen LogP contribution >= 0.6 is 0 Å². The summed E-state index contributed by atoms with van der Waals surface area (Å²) in [7, 11) is 0. The highest BCUT2D eigenvalue weighted by Gasteiger charge is 2.14. The SMILES string of the molecule is O=C(NCc1ccnc(N2CCCC2)c1)c1cc(=O)[nH]c2ccccc12. The first-order valence-electron chi connectivity index (χ1n) is 8.81. The molecule has 0 spiro atoms. The third kappa shape index (κ3) is 3.31.